The first-order valence-corrected chi connectivity index (χ1v) is 3.94. The van der Waals surface area contributed by atoms with Gasteiger partial charge in [-0.3, -0.25) is 0 Å². The van der Waals surface area contributed by atoms with Gasteiger partial charge in [-0.15, -0.1) is 0 Å². The zero-order valence-corrected chi connectivity index (χ0v) is 10.9. The van der Waals surface area contributed by atoms with Crippen LogP contribution in [0.2, 0.25) is 0 Å². The maximum absolute atomic E-state index is 8.63. The van der Waals surface area contributed by atoms with Crippen LogP contribution in [0, 0.1) is 0 Å². The Morgan fingerprint density at radius 2 is 0.615 bits per heavy atom. The monoisotopic (exact) mass is 236 g/mol. The van der Waals surface area contributed by atoms with Crippen molar-refractivity contribution in [1.29, 1.82) is 0 Å². The summed E-state index contributed by atoms with van der Waals surface area (Å²) in [6, 6.07) is 0. The van der Waals surface area contributed by atoms with Crippen LogP contribution in [0.25, 0.3) is 0 Å². The summed E-state index contributed by atoms with van der Waals surface area (Å²) in [5.74, 6) is 0. The molecule has 13 heavy (non-hydrogen) atoms. The molecule has 0 rings (SSSR count). The molecule has 6 nitrogen and oxygen atoms in total. The fraction of sp³-hybridized carbons (Fsp3) is 0. The van der Waals surface area contributed by atoms with Crippen molar-refractivity contribution in [1.82, 2.24) is 0 Å². The minimum atomic E-state index is -6.02. The van der Waals surface area contributed by atoms with Gasteiger partial charge in [0.05, 0.1) is 0 Å². The Kier molecular flexibility index (Phi) is 192. The van der Waals surface area contributed by atoms with E-state index in [0.717, 1.165) is 0 Å². The van der Waals surface area contributed by atoms with Gasteiger partial charge in [-0.2, -0.15) is 0 Å². The minimum absolute atomic E-state index is 0. The zero-order chi connectivity index (χ0) is 4.50. The first-order valence-electron chi connectivity index (χ1n) is 0.667. The van der Waals surface area contributed by atoms with Gasteiger partial charge in [0.25, 0.3) is 0 Å². The van der Waals surface area contributed by atoms with Gasteiger partial charge >= 0.3 is 144 Å². The third kappa shape index (κ3) is 214. The molecule has 0 saturated carbocycles. The second kappa shape index (κ2) is 36.1. The van der Waals surface area contributed by atoms with Crippen LogP contribution < -0.4 is 121 Å². The van der Waals surface area contributed by atoms with Gasteiger partial charge in [-0.05, 0) is 0 Å². The molecule has 0 amide bonds. The molecule has 0 bridgehead atoms. The van der Waals surface area contributed by atoms with Crippen LogP contribution in [0.5, 0.6) is 0 Å². The molecule has 0 aliphatic rings. The van der Waals surface area contributed by atoms with Crippen LogP contribution in [0.15, 0.2) is 0 Å². The van der Waals surface area contributed by atoms with E-state index in [1.165, 1.54) is 0 Å². The predicted molar refractivity (Wildman–Crippen MR) is 2.75 cm³/mol. The summed E-state index contributed by atoms with van der Waals surface area (Å²) in [6.07, 6.45) is 0. The molecule has 0 saturated heterocycles. The first-order chi connectivity index (χ1) is 2.00. The van der Waals surface area contributed by atoms with Gasteiger partial charge in [0.1, 0.15) is 0 Å². The van der Waals surface area contributed by atoms with Crippen molar-refractivity contribution in [3.8, 4) is 0 Å². The zero-order valence-electron chi connectivity index (χ0n) is 8.86. The number of rotatable bonds is 0. The van der Waals surface area contributed by atoms with Crippen molar-refractivity contribution in [2.24, 2.45) is 0 Å². The summed E-state index contributed by atoms with van der Waals surface area (Å²) in [6.45, 7) is 0. The van der Waals surface area contributed by atoms with Crippen molar-refractivity contribution in [2.45, 2.75) is 0 Å². The number of hydrogen-bond acceptors (Lipinski definition) is 4. The van der Waals surface area contributed by atoms with Crippen molar-refractivity contribution in [2.75, 3.05) is 0 Å². The molecule has 48 valence electrons. The molecule has 0 unspecified atom stereocenters. The molecule has 0 aliphatic carbocycles. The molecule has 0 N–H and O–H groups in total. The maximum atomic E-state index is 8.63. The summed E-state index contributed by atoms with van der Waals surface area (Å²) in [4.78, 5) is 0. The average molecular weight is 234 g/mol. The van der Waals surface area contributed by atoms with E-state index in [-0.39, 0.29) is 124 Å². The van der Waals surface area contributed by atoms with E-state index in [9.17, 15) is 0 Å². The van der Waals surface area contributed by atoms with Crippen LogP contribution in [0.1, 0.15) is 0 Å². The molecular formula is Li6MoO6. The fourth-order valence-electron chi connectivity index (χ4n) is 0. The van der Waals surface area contributed by atoms with Gasteiger partial charge in [-0.1, -0.05) is 0 Å². The van der Waals surface area contributed by atoms with E-state index >= 15 is 0 Å². The average Bonchev–Trinajstić information content (AvgIpc) is 0.722. The molecule has 13 heteroatoms. The van der Waals surface area contributed by atoms with Crippen molar-refractivity contribution < 1.29 is 155 Å². The van der Waals surface area contributed by atoms with Crippen LogP contribution in [0.4, 0.5) is 0 Å². The topological polar surface area (TPSA) is 137 Å². The Morgan fingerprint density at radius 1 is 0.615 bits per heavy atom. The van der Waals surface area contributed by atoms with Gasteiger partial charge in [0.15, 0.2) is 0 Å². The Labute approximate surface area is 153 Å². The Hall–Kier alpha value is 3.71. The number of hydrogen-bond donors (Lipinski definition) is 0. The second-order valence-corrected chi connectivity index (χ2v) is 2.42. The molecule has 0 radical (unpaired) electrons. The van der Waals surface area contributed by atoms with Crippen molar-refractivity contribution in [3.05, 3.63) is 0 Å². The molecule has 0 aromatic carbocycles. The van der Waals surface area contributed by atoms with E-state index < -0.39 is 16.7 Å². The second-order valence-electron chi connectivity index (χ2n) is 0.408. The molecule has 0 aromatic heterocycles. The Bertz CT molecular complexity index is 100. The SMILES string of the molecule is [Li+].[Li+].[Li+].[Li+].[Li+].[Li+].[O-2].[O-2].[O]=[Mo](=[O])([O-])[O-]. The standard InChI is InChI=1S/6Li.Mo.6O/q6*+1;;;;2*-2;2*-1. The summed E-state index contributed by atoms with van der Waals surface area (Å²) in [5, 5.41) is 0. The van der Waals surface area contributed by atoms with Crippen molar-refractivity contribution in [3.63, 3.8) is 0 Å². The fourth-order valence-corrected chi connectivity index (χ4v) is 0. The predicted octanol–water partition coefficient (Wildman–Crippen LogP) is -20.8. The molecule has 0 heterocycles. The third-order valence-electron chi connectivity index (χ3n) is 0. The van der Waals surface area contributed by atoms with Gasteiger partial charge in [0, 0.05) is 0 Å². The van der Waals surface area contributed by atoms with E-state index in [4.69, 9.17) is 14.3 Å². The van der Waals surface area contributed by atoms with Crippen LogP contribution in [-0.4, -0.2) is 0 Å². The van der Waals surface area contributed by atoms with Gasteiger partial charge in [0.2, 0.25) is 0 Å². The van der Waals surface area contributed by atoms with Gasteiger partial charge < -0.3 is 11.0 Å². The van der Waals surface area contributed by atoms with E-state index in [1.54, 1.807) is 0 Å². The molecule has 0 fully saturated rings. The summed E-state index contributed by atoms with van der Waals surface area (Å²) in [5.41, 5.74) is 0. The molecule has 0 aliphatic heterocycles. The summed E-state index contributed by atoms with van der Waals surface area (Å²) in [7, 11) is 0. The van der Waals surface area contributed by atoms with E-state index in [2.05, 4.69) is 0 Å². The molecule has 0 spiro atoms. The summed E-state index contributed by atoms with van der Waals surface area (Å²) >= 11 is -6.02. The molecule has 0 aromatic rings. The van der Waals surface area contributed by atoms with Crippen LogP contribution in [0.3, 0.4) is 0 Å². The third-order valence-corrected chi connectivity index (χ3v) is 0. The molecule has 0 atom stereocenters. The van der Waals surface area contributed by atoms with Crippen LogP contribution >= 0.6 is 0 Å². The normalized spacial score (nSPS) is 4.46. The summed E-state index contributed by atoms with van der Waals surface area (Å²) < 4.78 is 34.5. The van der Waals surface area contributed by atoms with E-state index in [1.807, 2.05) is 0 Å². The van der Waals surface area contributed by atoms with Crippen molar-refractivity contribution >= 4 is 0 Å². The van der Waals surface area contributed by atoms with Crippen LogP contribution in [-0.2, 0) is 34.5 Å². The Balaban J connectivity index is -0.00000000286. The molecular weight excluding hydrogens is 234 g/mol. The Morgan fingerprint density at radius 3 is 0.615 bits per heavy atom. The van der Waals surface area contributed by atoms with Gasteiger partial charge in [-0.25, -0.2) is 0 Å². The van der Waals surface area contributed by atoms with E-state index in [0.29, 0.717) is 0 Å². The first kappa shape index (κ1) is 69.4. The quantitative estimate of drug-likeness (QED) is 0.383.